The average Bonchev–Trinajstić information content (AvgIpc) is 2.34. The first-order valence-electron chi connectivity index (χ1n) is 5.26. The van der Waals surface area contributed by atoms with Gasteiger partial charge in [0, 0.05) is 0 Å². The van der Waals surface area contributed by atoms with E-state index in [1.165, 1.54) is 0 Å². The molecule has 1 rings (SSSR count). The monoisotopic (exact) mass is 284 g/mol. The first kappa shape index (κ1) is 13.3. The molecule has 1 atom stereocenters. The Balaban J connectivity index is 2.36. The zero-order chi connectivity index (χ0) is 11.8. The summed E-state index contributed by atoms with van der Waals surface area (Å²) in [5.41, 5.74) is 1.16. The first-order chi connectivity index (χ1) is 7.76. The summed E-state index contributed by atoms with van der Waals surface area (Å²) in [7, 11) is 1.67. The summed E-state index contributed by atoms with van der Waals surface area (Å²) < 4.78 is 10.8. The van der Waals surface area contributed by atoms with Crippen molar-refractivity contribution >= 4 is 15.9 Å². The zero-order valence-corrected chi connectivity index (χ0v) is 11.2. The molecule has 3 heteroatoms. The van der Waals surface area contributed by atoms with Gasteiger partial charge in [-0.1, -0.05) is 34.1 Å². The van der Waals surface area contributed by atoms with Crippen LogP contribution in [0.3, 0.4) is 0 Å². The molecule has 1 aromatic rings. The minimum atomic E-state index is 0.232. The molecule has 0 N–H and O–H groups in total. The van der Waals surface area contributed by atoms with Gasteiger partial charge in [0.2, 0.25) is 0 Å². The van der Waals surface area contributed by atoms with Gasteiger partial charge in [0.15, 0.2) is 0 Å². The minimum Gasteiger partial charge on any atom is -0.497 e. The smallest absolute Gasteiger partial charge is 0.118 e. The summed E-state index contributed by atoms with van der Waals surface area (Å²) in [6.07, 6.45) is 3.19. The molecule has 0 unspecified atom stereocenters. The van der Waals surface area contributed by atoms with Crippen molar-refractivity contribution in [1.82, 2.24) is 0 Å². The molecule has 0 amide bonds. The summed E-state index contributed by atoms with van der Waals surface area (Å²) in [6.45, 7) is 2.71. The summed E-state index contributed by atoms with van der Waals surface area (Å²) in [6, 6.07) is 7.93. The van der Waals surface area contributed by atoms with Crippen LogP contribution in [-0.2, 0) is 11.3 Å². The summed E-state index contributed by atoms with van der Waals surface area (Å²) in [5, 5.41) is 0. The van der Waals surface area contributed by atoms with Crippen molar-refractivity contribution in [3.05, 3.63) is 40.9 Å². The van der Waals surface area contributed by atoms with Crippen LogP contribution in [0.2, 0.25) is 0 Å². The van der Waals surface area contributed by atoms with Crippen molar-refractivity contribution in [2.24, 2.45) is 0 Å². The number of methoxy groups -OCH3 is 1. The van der Waals surface area contributed by atoms with E-state index in [1.807, 2.05) is 35.3 Å². The Kier molecular flexibility index (Phi) is 6.19. The lowest BCUT2D eigenvalue weighted by Crippen LogP contribution is -2.06. The van der Waals surface area contributed by atoms with Crippen LogP contribution in [-0.4, -0.2) is 13.2 Å². The van der Waals surface area contributed by atoms with Gasteiger partial charge >= 0.3 is 0 Å². The second kappa shape index (κ2) is 7.47. The van der Waals surface area contributed by atoms with E-state index in [2.05, 4.69) is 22.9 Å². The van der Waals surface area contributed by atoms with Crippen LogP contribution in [0.4, 0.5) is 0 Å². The number of benzene rings is 1. The standard InChI is InChI=1S/C13H17BrO2/c1-11(4-3-9-14)16-10-12-5-7-13(15-2)8-6-12/h3,5-9,11H,4,10H2,1-2H3/b9-3-/t11-/m1/s1. The molecule has 0 saturated carbocycles. The van der Waals surface area contributed by atoms with E-state index in [0.29, 0.717) is 6.61 Å². The van der Waals surface area contributed by atoms with Crippen LogP contribution < -0.4 is 4.74 Å². The highest BCUT2D eigenvalue weighted by molar-refractivity contribution is 9.11. The molecule has 0 bridgehead atoms. The van der Waals surface area contributed by atoms with Gasteiger partial charge in [-0.3, -0.25) is 0 Å². The summed E-state index contributed by atoms with van der Waals surface area (Å²) in [5.74, 6) is 0.874. The highest BCUT2D eigenvalue weighted by Crippen LogP contribution is 2.13. The highest BCUT2D eigenvalue weighted by Gasteiger charge is 2.00. The highest BCUT2D eigenvalue weighted by atomic mass is 79.9. The van der Waals surface area contributed by atoms with Crippen molar-refractivity contribution < 1.29 is 9.47 Å². The number of hydrogen-bond acceptors (Lipinski definition) is 2. The van der Waals surface area contributed by atoms with E-state index in [1.54, 1.807) is 7.11 Å². The van der Waals surface area contributed by atoms with Crippen molar-refractivity contribution in [1.29, 1.82) is 0 Å². The van der Waals surface area contributed by atoms with E-state index in [4.69, 9.17) is 9.47 Å². The van der Waals surface area contributed by atoms with Crippen LogP contribution in [0.15, 0.2) is 35.3 Å². The third-order valence-corrected chi connectivity index (χ3v) is 2.62. The fraction of sp³-hybridized carbons (Fsp3) is 0.385. The molecule has 0 aromatic heterocycles. The lowest BCUT2D eigenvalue weighted by Gasteiger charge is -2.11. The maximum absolute atomic E-state index is 5.69. The zero-order valence-electron chi connectivity index (χ0n) is 9.65. The predicted molar refractivity (Wildman–Crippen MR) is 69.9 cm³/mol. The molecule has 0 radical (unpaired) electrons. The molecule has 2 nitrogen and oxygen atoms in total. The molecule has 0 aliphatic carbocycles. The normalized spacial score (nSPS) is 12.9. The van der Waals surface area contributed by atoms with Crippen LogP contribution in [0.25, 0.3) is 0 Å². The Hall–Kier alpha value is -0.800. The lowest BCUT2D eigenvalue weighted by atomic mass is 10.2. The Labute approximate surface area is 105 Å². The van der Waals surface area contributed by atoms with E-state index in [0.717, 1.165) is 17.7 Å². The predicted octanol–water partition coefficient (Wildman–Crippen LogP) is 3.90. The average molecular weight is 285 g/mol. The fourth-order valence-electron chi connectivity index (χ4n) is 1.27. The van der Waals surface area contributed by atoms with Gasteiger partial charge in [0.05, 0.1) is 19.8 Å². The van der Waals surface area contributed by atoms with E-state index in [9.17, 15) is 0 Å². The molecule has 0 saturated heterocycles. The van der Waals surface area contributed by atoms with Crippen molar-refractivity contribution in [2.45, 2.75) is 26.1 Å². The lowest BCUT2D eigenvalue weighted by molar-refractivity contribution is 0.0553. The molecule has 1 aromatic carbocycles. The maximum Gasteiger partial charge on any atom is 0.118 e. The Morgan fingerprint density at radius 2 is 2.00 bits per heavy atom. The molecule has 0 fully saturated rings. The molecular formula is C13H17BrO2. The van der Waals surface area contributed by atoms with Crippen LogP contribution >= 0.6 is 15.9 Å². The van der Waals surface area contributed by atoms with E-state index >= 15 is 0 Å². The topological polar surface area (TPSA) is 18.5 Å². The number of ether oxygens (including phenoxy) is 2. The molecular weight excluding hydrogens is 268 g/mol. The van der Waals surface area contributed by atoms with Gasteiger partial charge < -0.3 is 9.47 Å². The molecule has 0 spiro atoms. The van der Waals surface area contributed by atoms with Crippen LogP contribution in [0.1, 0.15) is 18.9 Å². The molecule has 0 aliphatic heterocycles. The third-order valence-electron chi connectivity index (χ3n) is 2.25. The quantitative estimate of drug-likeness (QED) is 0.789. The number of halogens is 1. The van der Waals surface area contributed by atoms with Crippen LogP contribution in [0.5, 0.6) is 5.75 Å². The Morgan fingerprint density at radius 3 is 2.56 bits per heavy atom. The molecule has 0 aliphatic rings. The van der Waals surface area contributed by atoms with Crippen LogP contribution in [0, 0.1) is 0 Å². The Bertz CT molecular complexity index is 319. The van der Waals surface area contributed by atoms with Gasteiger partial charge in [-0.25, -0.2) is 0 Å². The summed E-state index contributed by atoms with van der Waals surface area (Å²) >= 11 is 3.24. The van der Waals surface area contributed by atoms with Gasteiger partial charge in [-0.2, -0.15) is 0 Å². The van der Waals surface area contributed by atoms with Crippen molar-refractivity contribution in [3.63, 3.8) is 0 Å². The Morgan fingerprint density at radius 1 is 1.31 bits per heavy atom. The van der Waals surface area contributed by atoms with Gasteiger partial charge in [-0.05, 0) is 36.0 Å². The third kappa shape index (κ3) is 4.81. The number of hydrogen-bond donors (Lipinski definition) is 0. The summed E-state index contributed by atoms with van der Waals surface area (Å²) in [4.78, 5) is 1.86. The van der Waals surface area contributed by atoms with E-state index in [-0.39, 0.29) is 6.10 Å². The van der Waals surface area contributed by atoms with Crippen molar-refractivity contribution in [3.8, 4) is 5.75 Å². The molecule has 16 heavy (non-hydrogen) atoms. The van der Waals surface area contributed by atoms with Gasteiger partial charge in [0.25, 0.3) is 0 Å². The molecule has 0 heterocycles. The maximum atomic E-state index is 5.69. The minimum absolute atomic E-state index is 0.232. The first-order valence-corrected chi connectivity index (χ1v) is 6.17. The second-order valence-corrected chi connectivity index (χ2v) is 4.10. The van der Waals surface area contributed by atoms with E-state index < -0.39 is 0 Å². The van der Waals surface area contributed by atoms with Gasteiger partial charge in [0.1, 0.15) is 5.75 Å². The molecule has 88 valence electrons. The fourth-order valence-corrected chi connectivity index (χ4v) is 1.49. The van der Waals surface area contributed by atoms with Crippen molar-refractivity contribution in [2.75, 3.05) is 7.11 Å². The second-order valence-electron chi connectivity index (χ2n) is 3.57. The SMILES string of the molecule is COc1ccc(CO[C@H](C)C/C=C\Br)cc1. The van der Waals surface area contributed by atoms with Gasteiger partial charge in [-0.15, -0.1) is 0 Å². The number of rotatable bonds is 6. The largest absolute Gasteiger partial charge is 0.497 e.